The van der Waals surface area contributed by atoms with Crippen LogP contribution in [-0.4, -0.2) is 34.9 Å². The molecule has 1 unspecified atom stereocenters. The lowest BCUT2D eigenvalue weighted by molar-refractivity contribution is -0.139. The minimum atomic E-state index is 0.380. The number of nitrogens with zero attached hydrogens (tertiary/aromatic N) is 1. The van der Waals surface area contributed by atoms with Crippen LogP contribution in [0.2, 0.25) is 0 Å². The molecule has 0 N–H and O–H groups in total. The predicted octanol–water partition coefficient (Wildman–Crippen LogP) is 1.75. The molecule has 0 aromatic heterocycles. The van der Waals surface area contributed by atoms with Crippen LogP contribution in [0, 0.1) is 5.92 Å². The van der Waals surface area contributed by atoms with Gasteiger partial charge in [0.1, 0.15) is 0 Å². The Balaban J connectivity index is 1.93. The summed E-state index contributed by atoms with van der Waals surface area (Å²) in [5.41, 5.74) is 0. The van der Waals surface area contributed by atoms with Crippen molar-refractivity contribution < 1.29 is 4.79 Å². The second-order valence-electron chi connectivity index (χ2n) is 4.08. The second kappa shape index (κ2) is 3.91. The number of thioether (sulfide) groups is 1. The molecule has 74 valence electrons. The zero-order chi connectivity index (χ0) is 9.26. The van der Waals surface area contributed by atoms with Crippen LogP contribution >= 0.6 is 11.8 Å². The quantitative estimate of drug-likeness (QED) is 0.641. The Bertz CT molecular complexity index is 203. The molecule has 1 aliphatic heterocycles. The highest BCUT2D eigenvalue weighted by Gasteiger charge is 2.32. The molecule has 2 rings (SSSR count). The van der Waals surface area contributed by atoms with Crippen LogP contribution in [0.15, 0.2) is 0 Å². The molecule has 0 bridgehead atoms. The molecule has 2 fully saturated rings. The van der Waals surface area contributed by atoms with Crippen molar-refractivity contribution in [3.05, 3.63) is 0 Å². The van der Waals surface area contributed by atoms with E-state index in [2.05, 4.69) is 11.8 Å². The van der Waals surface area contributed by atoms with Crippen molar-refractivity contribution in [2.45, 2.75) is 32.2 Å². The average Bonchev–Trinajstić information content (AvgIpc) is 2.01. The van der Waals surface area contributed by atoms with E-state index in [0.29, 0.717) is 17.9 Å². The zero-order valence-electron chi connectivity index (χ0n) is 8.16. The van der Waals surface area contributed by atoms with E-state index in [1.54, 1.807) is 0 Å². The molecule has 1 saturated carbocycles. The molecule has 1 heterocycles. The summed E-state index contributed by atoms with van der Waals surface area (Å²) < 4.78 is 0. The van der Waals surface area contributed by atoms with E-state index in [-0.39, 0.29) is 0 Å². The monoisotopic (exact) mass is 199 g/mol. The molecule has 13 heavy (non-hydrogen) atoms. The van der Waals surface area contributed by atoms with Gasteiger partial charge in [0.15, 0.2) is 0 Å². The molecule has 0 spiro atoms. The number of carbonyl (C=O) groups excluding carboxylic acids is 1. The Morgan fingerprint density at radius 3 is 2.77 bits per heavy atom. The highest BCUT2D eigenvalue weighted by Crippen LogP contribution is 2.30. The fourth-order valence-corrected chi connectivity index (χ4v) is 2.96. The van der Waals surface area contributed by atoms with Gasteiger partial charge in [-0.15, -0.1) is 0 Å². The zero-order valence-corrected chi connectivity index (χ0v) is 8.98. The lowest BCUT2D eigenvalue weighted by Crippen LogP contribution is -2.48. The topological polar surface area (TPSA) is 20.3 Å². The third-order valence-corrected chi connectivity index (χ3v) is 4.29. The van der Waals surface area contributed by atoms with Crippen LogP contribution in [0.4, 0.5) is 0 Å². The number of hydrogen-bond acceptors (Lipinski definition) is 2. The summed E-state index contributed by atoms with van der Waals surface area (Å²) in [6.45, 7) is 3.14. The van der Waals surface area contributed by atoms with Gasteiger partial charge in [-0.25, -0.2) is 0 Å². The molecular weight excluding hydrogens is 182 g/mol. The third-order valence-electron chi connectivity index (χ3n) is 3.11. The fourth-order valence-electron chi connectivity index (χ4n) is 1.94. The number of carbonyl (C=O) groups is 1. The normalized spacial score (nSPS) is 29.9. The molecule has 2 nitrogen and oxygen atoms in total. The minimum absolute atomic E-state index is 0.380. The van der Waals surface area contributed by atoms with Crippen molar-refractivity contribution >= 4 is 17.7 Å². The molecule has 0 aromatic rings. The van der Waals surface area contributed by atoms with Gasteiger partial charge in [0.2, 0.25) is 5.91 Å². The molecule has 2 aliphatic rings. The van der Waals surface area contributed by atoms with Gasteiger partial charge < -0.3 is 4.90 Å². The van der Waals surface area contributed by atoms with Gasteiger partial charge in [0, 0.05) is 30.0 Å². The Labute approximate surface area is 84.1 Å². The molecule has 0 radical (unpaired) electrons. The van der Waals surface area contributed by atoms with Crippen LogP contribution in [0.25, 0.3) is 0 Å². The highest BCUT2D eigenvalue weighted by molar-refractivity contribution is 7.99. The Hall–Kier alpha value is -0.180. The van der Waals surface area contributed by atoms with E-state index in [1.807, 2.05) is 11.8 Å². The smallest absolute Gasteiger partial charge is 0.225 e. The first-order chi connectivity index (χ1) is 6.29. The molecule has 1 atom stereocenters. The standard InChI is InChI=1S/C10H17NOS/c1-8-7-13-6-5-11(8)10(12)9-3-2-4-9/h8-9H,2-7H2,1H3. The van der Waals surface area contributed by atoms with Crippen molar-refractivity contribution in [3.63, 3.8) is 0 Å². The van der Waals surface area contributed by atoms with Crippen molar-refractivity contribution in [3.8, 4) is 0 Å². The van der Waals surface area contributed by atoms with E-state index in [0.717, 1.165) is 30.9 Å². The van der Waals surface area contributed by atoms with Gasteiger partial charge in [-0.2, -0.15) is 11.8 Å². The van der Waals surface area contributed by atoms with E-state index in [1.165, 1.54) is 6.42 Å². The summed E-state index contributed by atoms with van der Waals surface area (Å²) in [6, 6.07) is 0.465. The SMILES string of the molecule is CC1CSCCN1C(=O)C1CCC1. The van der Waals surface area contributed by atoms with E-state index in [4.69, 9.17) is 0 Å². The molecule has 0 aromatic carbocycles. The fraction of sp³-hybridized carbons (Fsp3) is 0.900. The minimum Gasteiger partial charge on any atom is -0.338 e. The molecule has 1 saturated heterocycles. The van der Waals surface area contributed by atoms with Gasteiger partial charge in [0.25, 0.3) is 0 Å². The van der Waals surface area contributed by atoms with E-state index < -0.39 is 0 Å². The summed E-state index contributed by atoms with van der Waals surface area (Å²) in [4.78, 5) is 14.0. The number of rotatable bonds is 1. The summed E-state index contributed by atoms with van der Waals surface area (Å²) in [7, 11) is 0. The van der Waals surface area contributed by atoms with Crippen molar-refractivity contribution in [2.75, 3.05) is 18.1 Å². The maximum absolute atomic E-state index is 11.9. The van der Waals surface area contributed by atoms with Crippen LogP contribution in [0.3, 0.4) is 0 Å². The average molecular weight is 199 g/mol. The lowest BCUT2D eigenvalue weighted by Gasteiger charge is -2.38. The predicted molar refractivity (Wildman–Crippen MR) is 55.8 cm³/mol. The van der Waals surface area contributed by atoms with Gasteiger partial charge >= 0.3 is 0 Å². The van der Waals surface area contributed by atoms with Crippen molar-refractivity contribution in [2.24, 2.45) is 5.92 Å². The maximum atomic E-state index is 11.9. The van der Waals surface area contributed by atoms with Gasteiger partial charge in [0.05, 0.1) is 0 Å². The van der Waals surface area contributed by atoms with Crippen LogP contribution in [0.5, 0.6) is 0 Å². The molecule has 1 aliphatic carbocycles. The van der Waals surface area contributed by atoms with Crippen LogP contribution < -0.4 is 0 Å². The largest absolute Gasteiger partial charge is 0.338 e. The summed E-state index contributed by atoms with van der Waals surface area (Å²) in [5, 5.41) is 0. The molecular formula is C10H17NOS. The van der Waals surface area contributed by atoms with Crippen molar-refractivity contribution in [1.29, 1.82) is 0 Å². The molecule has 3 heteroatoms. The van der Waals surface area contributed by atoms with E-state index >= 15 is 0 Å². The van der Waals surface area contributed by atoms with Crippen LogP contribution in [0.1, 0.15) is 26.2 Å². The van der Waals surface area contributed by atoms with Crippen molar-refractivity contribution in [1.82, 2.24) is 4.90 Å². The summed E-state index contributed by atoms with van der Waals surface area (Å²) in [6.07, 6.45) is 3.53. The van der Waals surface area contributed by atoms with Gasteiger partial charge in [-0.1, -0.05) is 6.42 Å². The van der Waals surface area contributed by atoms with Gasteiger partial charge in [-0.3, -0.25) is 4.79 Å². The first kappa shape index (κ1) is 9.38. The lowest BCUT2D eigenvalue weighted by atomic mass is 9.84. The maximum Gasteiger partial charge on any atom is 0.225 e. The summed E-state index contributed by atoms with van der Waals surface area (Å²) in [5.74, 6) is 3.06. The first-order valence-corrected chi connectivity index (χ1v) is 6.32. The Morgan fingerprint density at radius 2 is 2.23 bits per heavy atom. The third kappa shape index (κ3) is 1.85. The number of amides is 1. The Kier molecular flexibility index (Phi) is 2.82. The van der Waals surface area contributed by atoms with Gasteiger partial charge in [-0.05, 0) is 19.8 Å². The Morgan fingerprint density at radius 1 is 1.46 bits per heavy atom. The van der Waals surface area contributed by atoms with Crippen LogP contribution in [-0.2, 0) is 4.79 Å². The molecule has 1 amide bonds. The summed E-state index contributed by atoms with van der Waals surface area (Å²) >= 11 is 1.97. The second-order valence-corrected chi connectivity index (χ2v) is 5.23. The number of hydrogen-bond donors (Lipinski definition) is 0. The first-order valence-electron chi connectivity index (χ1n) is 5.17. The van der Waals surface area contributed by atoms with E-state index in [9.17, 15) is 4.79 Å². The highest BCUT2D eigenvalue weighted by atomic mass is 32.2.